The summed E-state index contributed by atoms with van der Waals surface area (Å²) in [5.41, 5.74) is 8.24. The first-order valence-electron chi connectivity index (χ1n) is 9.18. The van der Waals surface area contributed by atoms with E-state index in [4.69, 9.17) is 0 Å². The Kier molecular flexibility index (Phi) is 5.90. The molecule has 2 unspecified atom stereocenters. The third-order valence-electron chi connectivity index (χ3n) is 5.07. The van der Waals surface area contributed by atoms with Gasteiger partial charge in [-0.2, -0.15) is 5.10 Å². The van der Waals surface area contributed by atoms with Gasteiger partial charge in [0, 0.05) is 43.8 Å². The summed E-state index contributed by atoms with van der Waals surface area (Å²) in [6.07, 6.45) is 5.69. The topological polar surface area (TPSA) is 74.2 Å². The maximum atomic E-state index is 12.4. The lowest BCUT2D eigenvalue weighted by Crippen LogP contribution is -2.33. The normalized spacial score (nSPS) is 22.3. The summed E-state index contributed by atoms with van der Waals surface area (Å²) in [7, 11) is 1.84. The van der Waals surface area contributed by atoms with E-state index in [1.165, 1.54) is 0 Å². The molecule has 7 nitrogen and oxygen atoms in total. The largest absolute Gasteiger partial charge is 0.328 e. The zero-order valence-corrected chi connectivity index (χ0v) is 15.6. The molecule has 1 saturated heterocycles. The number of amides is 2. The molecule has 0 saturated carbocycles. The van der Waals surface area contributed by atoms with Gasteiger partial charge in [-0.05, 0) is 56.9 Å². The summed E-state index contributed by atoms with van der Waals surface area (Å²) in [6.45, 7) is 5.13. The predicted octanol–water partition coefficient (Wildman–Crippen LogP) is 2.62. The van der Waals surface area contributed by atoms with Crippen molar-refractivity contribution in [3.63, 3.8) is 0 Å². The average molecular weight is 356 g/mol. The number of carbonyl (C=O) groups excluding carboxylic acids is 1. The third kappa shape index (κ3) is 4.42. The highest BCUT2D eigenvalue weighted by Gasteiger charge is 2.29. The van der Waals surface area contributed by atoms with Crippen molar-refractivity contribution in [2.24, 2.45) is 5.92 Å². The lowest BCUT2D eigenvalue weighted by Gasteiger charge is -2.21. The van der Waals surface area contributed by atoms with Crippen LogP contribution in [0.3, 0.4) is 0 Å². The smallest absolute Gasteiger partial charge is 0.321 e. The van der Waals surface area contributed by atoms with E-state index in [2.05, 4.69) is 35.1 Å². The molecule has 2 heterocycles. The Balaban J connectivity index is 1.49. The van der Waals surface area contributed by atoms with Gasteiger partial charge in [-0.15, -0.1) is 0 Å². The maximum Gasteiger partial charge on any atom is 0.321 e. The molecule has 1 aliphatic heterocycles. The third-order valence-corrected chi connectivity index (χ3v) is 5.07. The van der Waals surface area contributed by atoms with Crippen LogP contribution >= 0.6 is 0 Å². The van der Waals surface area contributed by atoms with Crippen LogP contribution in [0.15, 0.2) is 42.7 Å². The number of urea groups is 1. The Morgan fingerprint density at radius 3 is 2.73 bits per heavy atom. The number of nitrogens with zero attached hydrogens (tertiary/aromatic N) is 3. The van der Waals surface area contributed by atoms with Gasteiger partial charge in [0.2, 0.25) is 0 Å². The summed E-state index contributed by atoms with van der Waals surface area (Å²) in [6, 6.07) is 10.4. The van der Waals surface area contributed by atoms with E-state index < -0.39 is 0 Å². The van der Waals surface area contributed by atoms with Gasteiger partial charge in [0.1, 0.15) is 0 Å². The summed E-state index contributed by atoms with van der Waals surface area (Å²) < 4.78 is 1.77. The fraction of sp³-hybridized carbons (Fsp3) is 0.474. The molecule has 2 amide bonds. The molecule has 2 aromatic rings. The number of anilines is 1. The molecule has 1 aliphatic rings. The van der Waals surface area contributed by atoms with Crippen LogP contribution in [0.1, 0.15) is 26.7 Å². The predicted molar refractivity (Wildman–Crippen MR) is 103 cm³/mol. The fourth-order valence-electron chi connectivity index (χ4n) is 3.44. The Labute approximate surface area is 154 Å². The molecule has 0 aliphatic carbocycles. The molecular formula is C19H28N6O. The SMILES string of the molecule is CC1NNC(C)C1CCCN(C)C(=O)Nc1cccc(-n2cccn2)c1. The monoisotopic (exact) mass is 356 g/mol. The van der Waals surface area contributed by atoms with Crippen LogP contribution in [0.4, 0.5) is 10.5 Å². The molecule has 2 atom stereocenters. The Hall–Kier alpha value is -2.38. The van der Waals surface area contributed by atoms with Crippen LogP contribution in [-0.2, 0) is 0 Å². The number of hydrogen-bond acceptors (Lipinski definition) is 4. The van der Waals surface area contributed by atoms with Crippen molar-refractivity contribution in [2.75, 3.05) is 18.9 Å². The number of nitrogens with one attached hydrogen (secondary N) is 3. The minimum atomic E-state index is -0.0913. The zero-order chi connectivity index (χ0) is 18.5. The molecule has 3 rings (SSSR count). The Morgan fingerprint density at radius 2 is 2.04 bits per heavy atom. The summed E-state index contributed by atoms with van der Waals surface area (Å²) in [4.78, 5) is 14.2. The van der Waals surface area contributed by atoms with Gasteiger partial charge >= 0.3 is 6.03 Å². The molecule has 140 valence electrons. The van der Waals surface area contributed by atoms with Gasteiger partial charge in [-0.3, -0.25) is 10.9 Å². The van der Waals surface area contributed by atoms with Crippen LogP contribution < -0.4 is 16.2 Å². The quantitative estimate of drug-likeness (QED) is 0.744. The highest BCUT2D eigenvalue weighted by molar-refractivity contribution is 5.89. The first kappa shape index (κ1) is 18.4. The average Bonchev–Trinajstić information content (AvgIpc) is 3.27. The molecular weight excluding hydrogens is 328 g/mol. The molecule has 1 aromatic carbocycles. The van der Waals surface area contributed by atoms with Crippen molar-refractivity contribution in [1.82, 2.24) is 25.5 Å². The molecule has 1 aromatic heterocycles. The van der Waals surface area contributed by atoms with Gasteiger partial charge in [0.25, 0.3) is 0 Å². The van der Waals surface area contributed by atoms with Gasteiger partial charge in [0.05, 0.1) is 5.69 Å². The molecule has 0 bridgehead atoms. The first-order valence-corrected chi connectivity index (χ1v) is 9.18. The van der Waals surface area contributed by atoms with Crippen molar-refractivity contribution in [1.29, 1.82) is 0 Å². The lowest BCUT2D eigenvalue weighted by atomic mass is 9.92. The Morgan fingerprint density at radius 1 is 1.27 bits per heavy atom. The lowest BCUT2D eigenvalue weighted by molar-refractivity contribution is 0.220. The van der Waals surface area contributed by atoms with Crippen molar-refractivity contribution in [3.05, 3.63) is 42.7 Å². The van der Waals surface area contributed by atoms with Crippen molar-refractivity contribution in [3.8, 4) is 5.69 Å². The minimum absolute atomic E-state index is 0.0913. The second kappa shape index (κ2) is 8.33. The number of benzene rings is 1. The molecule has 7 heteroatoms. The number of aromatic nitrogens is 2. The summed E-state index contributed by atoms with van der Waals surface area (Å²) in [5, 5.41) is 7.18. The molecule has 0 radical (unpaired) electrons. The summed E-state index contributed by atoms with van der Waals surface area (Å²) >= 11 is 0. The molecule has 1 fully saturated rings. The second-order valence-corrected chi connectivity index (χ2v) is 7.02. The highest BCUT2D eigenvalue weighted by atomic mass is 16.2. The summed E-state index contributed by atoms with van der Waals surface area (Å²) in [5.74, 6) is 0.595. The highest BCUT2D eigenvalue weighted by Crippen LogP contribution is 2.20. The van der Waals surface area contributed by atoms with E-state index >= 15 is 0 Å². The van der Waals surface area contributed by atoms with E-state index in [0.29, 0.717) is 18.0 Å². The van der Waals surface area contributed by atoms with Crippen LogP contribution in [0.5, 0.6) is 0 Å². The van der Waals surface area contributed by atoms with E-state index in [9.17, 15) is 4.79 Å². The number of hydrogen-bond donors (Lipinski definition) is 3. The van der Waals surface area contributed by atoms with E-state index in [1.807, 2.05) is 43.6 Å². The van der Waals surface area contributed by atoms with Gasteiger partial charge < -0.3 is 10.2 Å². The van der Waals surface area contributed by atoms with Crippen LogP contribution in [0, 0.1) is 5.92 Å². The molecule has 26 heavy (non-hydrogen) atoms. The zero-order valence-electron chi connectivity index (χ0n) is 15.6. The van der Waals surface area contributed by atoms with Crippen molar-refractivity contribution in [2.45, 2.75) is 38.8 Å². The van der Waals surface area contributed by atoms with Crippen LogP contribution in [0.2, 0.25) is 0 Å². The van der Waals surface area contributed by atoms with E-state index in [0.717, 1.165) is 30.8 Å². The molecule has 0 spiro atoms. The Bertz CT molecular complexity index is 707. The fourth-order valence-corrected chi connectivity index (χ4v) is 3.44. The van der Waals surface area contributed by atoms with E-state index in [1.54, 1.807) is 15.8 Å². The number of hydrazine groups is 1. The van der Waals surface area contributed by atoms with Crippen molar-refractivity contribution >= 4 is 11.7 Å². The standard InChI is InChI=1S/C19H28N6O/c1-14-18(15(2)23-22-14)9-5-11-24(3)19(26)21-16-7-4-8-17(13-16)25-12-6-10-20-25/h4,6-8,10,12-15,18,22-23H,5,9,11H2,1-3H3,(H,21,26). The number of carbonyl (C=O) groups is 1. The maximum absolute atomic E-state index is 12.4. The second-order valence-electron chi connectivity index (χ2n) is 7.02. The molecule has 3 N–H and O–H groups in total. The van der Waals surface area contributed by atoms with Crippen LogP contribution in [-0.4, -0.2) is 46.4 Å². The number of rotatable bonds is 6. The first-order chi connectivity index (χ1) is 12.5. The van der Waals surface area contributed by atoms with Crippen LogP contribution in [0.25, 0.3) is 5.69 Å². The minimum Gasteiger partial charge on any atom is -0.328 e. The van der Waals surface area contributed by atoms with Crippen molar-refractivity contribution < 1.29 is 4.79 Å². The van der Waals surface area contributed by atoms with Gasteiger partial charge in [-0.25, -0.2) is 9.48 Å². The van der Waals surface area contributed by atoms with E-state index in [-0.39, 0.29) is 6.03 Å². The van der Waals surface area contributed by atoms with Gasteiger partial charge in [0.15, 0.2) is 0 Å². The van der Waals surface area contributed by atoms with Gasteiger partial charge in [-0.1, -0.05) is 6.07 Å².